The summed E-state index contributed by atoms with van der Waals surface area (Å²) in [5.41, 5.74) is 1.17. The predicted octanol–water partition coefficient (Wildman–Crippen LogP) is 1.32. The van der Waals surface area contributed by atoms with Crippen LogP contribution in [-0.2, 0) is 15.8 Å². The summed E-state index contributed by atoms with van der Waals surface area (Å²) >= 11 is 0. The topological polar surface area (TPSA) is 73.2 Å². The highest BCUT2D eigenvalue weighted by molar-refractivity contribution is 7.88. The molecule has 6 heteroatoms. The van der Waals surface area contributed by atoms with Gasteiger partial charge in [-0.05, 0) is 50.0 Å². The smallest absolute Gasteiger partial charge is 0.218 e. The molecule has 1 saturated heterocycles. The second-order valence-electron chi connectivity index (χ2n) is 5.49. The number of nitrogens with zero attached hydrogens (tertiary/aromatic N) is 2. The van der Waals surface area contributed by atoms with Crippen molar-refractivity contribution >= 4 is 10.0 Å². The molecule has 2 rings (SSSR count). The number of hydrogen-bond donors (Lipinski definition) is 1. The summed E-state index contributed by atoms with van der Waals surface area (Å²) < 4.78 is 26.6. The van der Waals surface area contributed by atoms with Crippen molar-refractivity contribution in [2.45, 2.75) is 18.6 Å². The maximum atomic E-state index is 12.5. The number of benzene rings is 1. The Kier molecular flexibility index (Phi) is 5.34. The number of nitriles is 1. The molecule has 21 heavy (non-hydrogen) atoms. The molecule has 0 saturated carbocycles. The van der Waals surface area contributed by atoms with E-state index in [1.807, 2.05) is 13.1 Å². The summed E-state index contributed by atoms with van der Waals surface area (Å²) in [4.78, 5) is 0. The first-order valence-electron chi connectivity index (χ1n) is 7.16. The van der Waals surface area contributed by atoms with Crippen molar-refractivity contribution in [2.24, 2.45) is 5.92 Å². The summed E-state index contributed by atoms with van der Waals surface area (Å²) in [6.07, 6.45) is 1.97. The molecular weight excluding hydrogens is 286 g/mol. The molecule has 0 aliphatic carbocycles. The molecule has 0 amide bonds. The molecule has 1 aliphatic heterocycles. The van der Waals surface area contributed by atoms with E-state index in [1.165, 1.54) is 0 Å². The first kappa shape index (κ1) is 16.0. The molecule has 0 unspecified atom stereocenters. The zero-order valence-electron chi connectivity index (χ0n) is 12.2. The van der Waals surface area contributed by atoms with Gasteiger partial charge in [0.15, 0.2) is 0 Å². The molecule has 1 atom stereocenters. The Labute approximate surface area is 126 Å². The monoisotopic (exact) mass is 307 g/mol. The second-order valence-corrected chi connectivity index (χ2v) is 7.46. The van der Waals surface area contributed by atoms with Crippen LogP contribution in [0.25, 0.3) is 0 Å². The molecule has 0 spiro atoms. The minimum Gasteiger partial charge on any atom is -0.319 e. The zero-order chi connectivity index (χ0) is 15.3. The maximum absolute atomic E-state index is 12.5. The van der Waals surface area contributed by atoms with E-state index < -0.39 is 10.0 Å². The zero-order valence-corrected chi connectivity index (χ0v) is 13.1. The maximum Gasteiger partial charge on any atom is 0.218 e. The van der Waals surface area contributed by atoms with E-state index in [-0.39, 0.29) is 5.75 Å². The van der Waals surface area contributed by atoms with Crippen molar-refractivity contribution in [3.63, 3.8) is 0 Å². The lowest BCUT2D eigenvalue weighted by molar-refractivity contribution is 0.263. The Hall–Kier alpha value is -1.42. The lowest BCUT2D eigenvalue weighted by atomic mass is 10.00. The Bertz CT molecular complexity index is 620. The van der Waals surface area contributed by atoms with Gasteiger partial charge in [-0.2, -0.15) is 5.26 Å². The van der Waals surface area contributed by atoms with Crippen LogP contribution in [-0.4, -0.2) is 39.4 Å². The molecule has 1 heterocycles. The van der Waals surface area contributed by atoms with E-state index in [0.717, 1.165) is 19.4 Å². The van der Waals surface area contributed by atoms with Crippen LogP contribution in [0.5, 0.6) is 0 Å². The summed E-state index contributed by atoms with van der Waals surface area (Å²) in [6.45, 7) is 2.03. The van der Waals surface area contributed by atoms with Crippen molar-refractivity contribution in [1.82, 2.24) is 9.62 Å². The number of hydrogen-bond acceptors (Lipinski definition) is 4. The summed E-state index contributed by atoms with van der Waals surface area (Å²) in [5.74, 6) is 0.346. The van der Waals surface area contributed by atoms with Gasteiger partial charge in [0.1, 0.15) is 0 Å². The van der Waals surface area contributed by atoms with Gasteiger partial charge in [0.25, 0.3) is 0 Å². The Balaban J connectivity index is 2.09. The molecule has 0 bridgehead atoms. The summed E-state index contributed by atoms with van der Waals surface area (Å²) in [6, 6.07) is 8.85. The fourth-order valence-corrected chi connectivity index (χ4v) is 4.40. The van der Waals surface area contributed by atoms with E-state index in [1.54, 1.807) is 28.6 Å². The van der Waals surface area contributed by atoms with E-state index in [0.29, 0.717) is 30.1 Å². The Morgan fingerprint density at radius 2 is 2.29 bits per heavy atom. The van der Waals surface area contributed by atoms with Gasteiger partial charge in [-0.1, -0.05) is 12.1 Å². The Morgan fingerprint density at radius 3 is 3.00 bits per heavy atom. The summed E-state index contributed by atoms with van der Waals surface area (Å²) in [7, 11) is -1.43. The molecule has 1 aromatic rings. The van der Waals surface area contributed by atoms with E-state index in [9.17, 15) is 8.42 Å². The van der Waals surface area contributed by atoms with E-state index >= 15 is 0 Å². The van der Waals surface area contributed by atoms with Crippen molar-refractivity contribution in [3.8, 4) is 6.07 Å². The predicted molar refractivity (Wildman–Crippen MR) is 82.0 cm³/mol. The van der Waals surface area contributed by atoms with Crippen LogP contribution in [0.1, 0.15) is 24.0 Å². The lowest BCUT2D eigenvalue weighted by Crippen LogP contribution is -2.42. The number of rotatable bonds is 5. The third-order valence-electron chi connectivity index (χ3n) is 3.77. The van der Waals surface area contributed by atoms with Crippen LogP contribution in [0.2, 0.25) is 0 Å². The molecule has 1 aliphatic rings. The van der Waals surface area contributed by atoms with Crippen molar-refractivity contribution in [2.75, 3.05) is 26.7 Å². The van der Waals surface area contributed by atoms with Gasteiger partial charge in [-0.15, -0.1) is 0 Å². The largest absolute Gasteiger partial charge is 0.319 e. The lowest BCUT2D eigenvalue weighted by Gasteiger charge is -2.31. The van der Waals surface area contributed by atoms with Gasteiger partial charge in [0.05, 0.1) is 17.4 Å². The first-order valence-corrected chi connectivity index (χ1v) is 8.77. The molecular formula is C15H21N3O2S. The fourth-order valence-electron chi connectivity index (χ4n) is 2.77. The van der Waals surface area contributed by atoms with Crippen LogP contribution in [0.3, 0.4) is 0 Å². The van der Waals surface area contributed by atoms with Crippen LogP contribution in [0.15, 0.2) is 24.3 Å². The minimum absolute atomic E-state index is 0.0329. The third kappa shape index (κ3) is 4.27. The molecule has 0 radical (unpaired) electrons. The van der Waals surface area contributed by atoms with Crippen LogP contribution in [0, 0.1) is 17.2 Å². The molecule has 1 aromatic carbocycles. The van der Waals surface area contributed by atoms with E-state index in [2.05, 4.69) is 5.32 Å². The molecule has 5 nitrogen and oxygen atoms in total. The molecule has 1 N–H and O–H groups in total. The van der Waals surface area contributed by atoms with Crippen molar-refractivity contribution in [1.29, 1.82) is 5.26 Å². The minimum atomic E-state index is -3.32. The normalized spacial score (nSPS) is 20.1. The fraction of sp³-hybridized carbons (Fsp3) is 0.533. The highest BCUT2D eigenvalue weighted by Gasteiger charge is 2.28. The van der Waals surface area contributed by atoms with Gasteiger partial charge in [0, 0.05) is 13.1 Å². The highest BCUT2D eigenvalue weighted by atomic mass is 32.2. The SMILES string of the molecule is CNC[C@H]1CCCN(S(=O)(=O)Cc2cccc(C#N)c2)C1. The van der Waals surface area contributed by atoms with Gasteiger partial charge in [-0.3, -0.25) is 0 Å². The Morgan fingerprint density at radius 1 is 1.48 bits per heavy atom. The standard InChI is InChI=1S/C15H21N3O2S/c1-17-10-15-6-3-7-18(11-15)21(19,20)12-14-5-2-4-13(8-14)9-16/h2,4-5,8,15,17H,3,6-7,10-12H2,1H3/t15-/m1/s1. The van der Waals surface area contributed by atoms with Gasteiger partial charge >= 0.3 is 0 Å². The average molecular weight is 307 g/mol. The molecule has 0 aromatic heterocycles. The third-order valence-corrected chi connectivity index (χ3v) is 5.59. The van der Waals surface area contributed by atoms with Gasteiger partial charge in [-0.25, -0.2) is 12.7 Å². The van der Waals surface area contributed by atoms with Gasteiger partial charge in [0.2, 0.25) is 10.0 Å². The van der Waals surface area contributed by atoms with Crippen molar-refractivity contribution < 1.29 is 8.42 Å². The van der Waals surface area contributed by atoms with Crippen LogP contribution < -0.4 is 5.32 Å². The second kappa shape index (κ2) is 7.03. The summed E-state index contributed by atoms with van der Waals surface area (Å²) in [5, 5.41) is 12.0. The van der Waals surface area contributed by atoms with Crippen molar-refractivity contribution in [3.05, 3.63) is 35.4 Å². The average Bonchev–Trinajstić information content (AvgIpc) is 2.48. The number of nitrogens with one attached hydrogen (secondary N) is 1. The molecule has 114 valence electrons. The van der Waals surface area contributed by atoms with Gasteiger partial charge < -0.3 is 5.32 Å². The first-order chi connectivity index (χ1) is 10.0. The molecule has 1 fully saturated rings. The van der Waals surface area contributed by atoms with Crippen LogP contribution in [0.4, 0.5) is 0 Å². The number of sulfonamides is 1. The quantitative estimate of drug-likeness (QED) is 0.890. The number of piperidine rings is 1. The van der Waals surface area contributed by atoms with Crippen LogP contribution >= 0.6 is 0 Å². The highest BCUT2D eigenvalue weighted by Crippen LogP contribution is 2.21. The van der Waals surface area contributed by atoms with E-state index in [4.69, 9.17) is 5.26 Å².